The van der Waals surface area contributed by atoms with Crippen LogP contribution in [0.25, 0.3) is 0 Å². The number of carbonyl (C=O) groups is 2. The van der Waals surface area contributed by atoms with Crippen molar-refractivity contribution < 1.29 is 9.59 Å². The molecule has 4 nitrogen and oxygen atoms in total. The second-order valence-corrected chi connectivity index (χ2v) is 5.23. The number of hydrogen-bond acceptors (Lipinski definition) is 3. The van der Waals surface area contributed by atoms with Gasteiger partial charge in [-0.1, -0.05) is 30.3 Å². The molecule has 0 unspecified atom stereocenters. The van der Waals surface area contributed by atoms with E-state index in [2.05, 4.69) is 10.2 Å². The summed E-state index contributed by atoms with van der Waals surface area (Å²) in [5.74, 6) is 0.409. The van der Waals surface area contributed by atoms with E-state index in [-0.39, 0.29) is 17.6 Å². The topological polar surface area (TPSA) is 49.4 Å². The van der Waals surface area contributed by atoms with Crippen molar-refractivity contribution >= 4 is 11.7 Å². The van der Waals surface area contributed by atoms with E-state index >= 15 is 0 Å². The van der Waals surface area contributed by atoms with Gasteiger partial charge in [0.05, 0.1) is 6.54 Å². The molecule has 1 aromatic rings. The van der Waals surface area contributed by atoms with Crippen LogP contribution in [0.3, 0.4) is 0 Å². The van der Waals surface area contributed by atoms with Gasteiger partial charge in [-0.05, 0) is 32.9 Å². The molecule has 0 radical (unpaired) electrons. The highest BCUT2D eigenvalue weighted by Crippen LogP contribution is 2.21. The first-order valence-electron chi connectivity index (χ1n) is 7.29. The maximum Gasteiger partial charge on any atom is 0.234 e. The number of benzene rings is 1. The minimum absolute atomic E-state index is 0.0698. The van der Waals surface area contributed by atoms with E-state index in [1.165, 1.54) is 0 Å². The van der Waals surface area contributed by atoms with Gasteiger partial charge in [0, 0.05) is 18.0 Å². The van der Waals surface area contributed by atoms with Crippen molar-refractivity contribution in [2.45, 2.75) is 19.8 Å². The molecule has 1 saturated heterocycles. The number of rotatable bonds is 5. The first kappa shape index (κ1) is 14.7. The van der Waals surface area contributed by atoms with Crippen LogP contribution in [0.4, 0.5) is 0 Å². The number of ketones is 1. The fourth-order valence-electron chi connectivity index (χ4n) is 2.65. The second kappa shape index (κ2) is 7.20. The molecule has 20 heavy (non-hydrogen) atoms. The zero-order chi connectivity index (χ0) is 14.4. The van der Waals surface area contributed by atoms with Gasteiger partial charge < -0.3 is 5.32 Å². The lowest BCUT2D eigenvalue weighted by molar-refractivity contribution is -0.122. The van der Waals surface area contributed by atoms with Crippen LogP contribution in [0, 0.1) is 5.92 Å². The highest BCUT2D eigenvalue weighted by molar-refractivity contribution is 5.97. The highest BCUT2D eigenvalue weighted by atomic mass is 16.2. The summed E-state index contributed by atoms with van der Waals surface area (Å²) >= 11 is 0. The van der Waals surface area contributed by atoms with Crippen LogP contribution in [-0.2, 0) is 4.79 Å². The summed E-state index contributed by atoms with van der Waals surface area (Å²) in [5.41, 5.74) is 0.801. The summed E-state index contributed by atoms with van der Waals surface area (Å²) in [4.78, 5) is 26.0. The molecule has 4 heteroatoms. The van der Waals surface area contributed by atoms with Gasteiger partial charge in [-0.15, -0.1) is 0 Å². The number of amides is 1. The monoisotopic (exact) mass is 274 g/mol. The predicted octanol–water partition coefficient (Wildman–Crippen LogP) is 1.72. The van der Waals surface area contributed by atoms with E-state index in [9.17, 15) is 9.59 Å². The lowest BCUT2D eigenvalue weighted by Gasteiger charge is -2.30. The van der Waals surface area contributed by atoms with Crippen molar-refractivity contribution in [2.75, 3.05) is 26.2 Å². The predicted molar refractivity (Wildman–Crippen MR) is 78.6 cm³/mol. The number of piperidine rings is 1. The molecule has 0 bridgehead atoms. The Bertz CT molecular complexity index is 451. The molecular weight excluding hydrogens is 252 g/mol. The smallest absolute Gasteiger partial charge is 0.234 e. The van der Waals surface area contributed by atoms with Crippen molar-refractivity contribution in [3.05, 3.63) is 35.9 Å². The molecule has 1 amide bonds. The minimum Gasteiger partial charge on any atom is -0.355 e. The van der Waals surface area contributed by atoms with Gasteiger partial charge in [-0.25, -0.2) is 0 Å². The largest absolute Gasteiger partial charge is 0.355 e. The molecular formula is C16H22N2O2. The standard InChI is InChI=1S/C16H22N2O2/c1-2-17-15(19)12-18-10-8-14(9-11-18)16(20)13-6-4-3-5-7-13/h3-7,14H,2,8-12H2,1H3,(H,17,19). The van der Waals surface area contributed by atoms with Gasteiger partial charge in [0.25, 0.3) is 0 Å². The third kappa shape index (κ3) is 3.90. The molecule has 1 fully saturated rings. The highest BCUT2D eigenvalue weighted by Gasteiger charge is 2.26. The third-order valence-electron chi connectivity index (χ3n) is 3.76. The molecule has 1 N–H and O–H groups in total. The van der Waals surface area contributed by atoms with Gasteiger partial charge in [0.1, 0.15) is 0 Å². The molecule has 1 heterocycles. The molecule has 0 saturated carbocycles. The zero-order valence-electron chi connectivity index (χ0n) is 12.0. The number of hydrogen-bond donors (Lipinski definition) is 1. The average Bonchev–Trinajstić information content (AvgIpc) is 2.48. The Balaban J connectivity index is 1.82. The molecule has 0 spiro atoms. The Labute approximate surface area is 120 Å². The third-order valence-corrected chi connectivity index (χ3v) is 3.76. The number of likely N-dealkylation sites (N-methyl/N-ethyl adjacent to an activating group) is 1. The van der Waals surface area contributed by atoms with E-state index in [1.54, 1.807) is 0 Å². The van der Waals surface area contributed by atoms with Gasteiger partial charge in [0.15, 0.2) is 5.78 Å². The molecule has 1 aromatic carbocycles. The molecule has 108 valence electrons. The quantitative estimate of drug-likeness (QED) is 0.832. The lowest BCUT2D eigenvalue weighted by atomic mass is 9.89. The zero-order valence-corrected chi connectivity index (χ0v) is 12.0. The first-order chi connectivity index (χ1) is 9.70. The number of nitrogens with one attached hydrogen (secondary N) is 1. The summed E-state index contributed by atoms with van der Waals surface area (Å²) in [7, 11) is 0. The van der Waals surface area contributed by atoms with Crippen molar-refractivity contribution in [2.24, 2.45) is 5.92 Å². The SMILES string of the molecule is CCNC(=O)CN1CCC(C(=O)c2ccccc2)CC1. The fourth-order valence-corrected chi connectivity index (χ4v) is 2.65. The summed E-state index contributed by atoms with van der Waals surface area (Å²) in [6.45, 7) is 4.67. The Morgan fingerprint density at radius 3 is 2.45 bits per heavy atom. The van der Waals surface area contributed by atoms with Crippen LogP contribution >= 0.6 is 0 Å². The summed E-state index contributed by atoms with van der Waals surface area (Å²) in [5, 5.41) is 2.81. The van der Waals surface area contributed by atoms with Crippen molar-refractivity contribution in [3.8, 4) is 0 Å². The van der Waals surface area contributed by atoms with Crippen LogP contribution in [0.15, 0.2) is 30.3 Å². The molecule has 0 aromatic heterocycles. The van der Waals surface area contributed by atoms with E-state index in [0.29, 0.717) is 13.1 Å². The Hall–Kier alpha value is -1.68. The van der Waals surface area contributed by atoms with E-state index in [4.69, 9.17) is 0 Å². The summed E-state index contributed by atoms with van der Waals surface area (Å²) < 4.78 is 0. The molecule has 0 aliphatic carbocycles. The van der Waals surface area contributed by atoms with Crippen LogP contribution < -0.4 is 5.32 Å². The number of nitrogens with zero attached hydrogens (tertiary/aromatic N) is 1. The van der Waals surface area contributed by atoms with Gasteiger partial charge in [0.2, 0.25) is 5.91 Å². The molecule has 2 rings (SSSR count). The Kier molecular flexibility index (Phi) is 5.30. The maximum atomic E-state index is 12.3. The minimum atomic E-state index is 0.0698. The molecule has 1 aliphatic rings. The van der Waals surface area contributed by atoms with Gasteiger partial charge >= 0.3 is 0 Å². The maximum absolute atomic E-state index is 12.3. The number of carbonyl (C=O) groups excluding carboxylic acids is 2. The van der Waals surface area contributed by atoms with Gasteiger partial charge in [-0.3, -0.25) is 14.5 Å². The Morgan fingerprint density at radius 2 is 1.85 bits per heavy atom. The summed E-state index contributed by atoms with van der Waals surface area (Å²) in [6, 6.07) is 9.48. The molecule has 1 aliphatic heterocycles. The lowest BCUT2D eigenvalue weighted by Crippen LogP contribution is -2.42. The van der Waals surface area contributed by atoms with Crippen LogP contribution in [-0.4, -0.2) is 42.8 Å². The Morgan fingerprint density at radius 1 is 1.20 bits per heavy atom. The van der Waals surface area contributed by atoms with Crippen LogP contribution in [0.5, 0.6) is 0 Å². The second-order valence-electron chi connectivity index (χ2n) is 5.23. The van der Waals surface area contributed by atoms with Crippen molar-refractivity contribution in [1.29, 1.82) is 0 Å². The van der Waals surface area contributed by atoms with Gasteiger partial charge in [-0.2, -0.15) is 0 Å². The summed E-state index contributed by atoms with van der Waals surface area (Å²) in [6.07, 6.45) is 1.68. The van der Waals surface area contributed by atoms with E-state index in [0.717, 1.165) is 31.5 Å². The van der Waals surface area contributed by atoms with E-state index in [1.807, 2.05) is 37.3 Å². The van der Waals surface area contributed by atoms with Crippen molar-refractivity contribution in [3.63, 3.8) is 0 Å². The normalized spacial score (nSPS) is 16.9. The first-order valence-corrected chi connectivity index (χ1v) is 7.29. The van der Waals surface area contributed by atoms with Crippen LogP contribution in [0.2, 0.25) is 0 Å². The van der Waals surface area contributed by atoms with E-state index < -0.39 is 0 Å². The number of Topliss-reactive ketones (excluding diaryl/α,β-unsaturated/α-hetero) is 1. The van der Waals surface area contributed by atoms with Crippen molar-refractivity contribution in [1.82, 2.24) is 10.2 Å². The number of likely N-dealkylation sites (tertiary alicyclic amines) is 1. The van der Waals surface area contributed by atoms with Crippen LogP contribution in [0.1, 0.15) is 30.1 Å². The average molecular weight is 274 g/mol. The fraction of sp³-hybridized carbons (Fsp3) is 0.500. The molecule has 0 atom stereocenters.